The first-order valence-electron chi connectivity index (χ1n) is 8.13. The number of amides is 1. The van der Waals surface area contributed by atoms with Crippen molar-refractivity contribution in [3.63, 3.8) is 0 Å². The van der Waals surface area contributed by atoms with Crippen LogP contribution < -0.4 is 10.6 Å². The van der Waals surface area contributed by atoms with Gasteiger partial charge in [-0.3, -0.25) is 4.79 Å². The molecule has 0 heterocycles. The molecule has 0 saturated heterocycles. The van der Waals surface area contributed by atoms with Crippen molar-refractivity contribution in [3.05, 3.63) is 59.7 Å². The molecular formula is C19H18N2O4S. The molecule has 2 aromatic carbocycles. The summed E-state index contributed by atoms with van der Waals surface area (Å²) in [6, 6.07) is 16.2. The first-order valence-corrected chi connectivity index (χ1v) is 8.54. The van der Waals surface area contributed by atoms with Gasteiger partial charge in [-0.1, -0.05) is 60.7 Å². The van der Waals surface area contributed by atoms with Gasteiger partial charge in [-0.05, 0) is 22.3 Å². The monoisotopic (exact) mass is 370 g/mol. The molecule has 0 unspecified atom stereocenters. The lowest BCUT2D eigenvalue weighted by molar-refractivity contribution is -0.135. The number of carbonyl (C=O) groups excluding carboxylic acids is 1. The summed E-state index contributed by atoms with van der Waals surface area (Å²) in [7, 11) is 0. The van der Waals surface area contributed by atoms with Crippen molar-refractivity contribution in [2.24, 2.45) is 0 Å². The van der Waals surface area contributed by atoms with Gasteiger partial charge in [-0.15, -0.1) is 0 Å². The van der Waals surface area contributed by atoms with E-state index < -0.39 is 12.1 Å². The Morgan fingerprint density at radius 1 is 0.962 bits per heavy atom. The number of nitrogens with one attached hydrogen (secondary N) is 2. The maximum atomic E-state index is 11.9. The van der Waals surface area contributed by atoms with Gasteiger partial charge in [0.25, 0.3) is 0 Å². The first kappa shape index (κ1) is 17.9. The lowest BCUT2D eigenvalue weighted by Crippen LogP contribution is -2.38. The van der Waals surface area contributed by atoms with E-state index in [1.807, 2.05) is 36.4 Å². The van der Waals surface area contributed by atoms with E-state index in [9.17, 15) is 9.59 Å². The van der Waals surface area contributed by atoms with E-state index in [2.05, 4.69) is 22.8 Å². The molecule has 0 spiro atoms. The second-order valence-electron chi connectivity index (χ2n) is 5.85. The summed E-state index contributed by atoms with van der Waals surface area (Å²) in [5, 5.41) is 13.6. The van der Waals surface area contributed by atoms with Crippen LogP contribution in [0.3, 0.4) is 0 Å². The number of rotatable bonds is 6. The highest BCUT2D eigenvalue weighted by atomic mass is 32.1. The molecule has 0 bridgehead atoms. The molecule has 0 saturated carbocycles. The van der Waals surface area contributed by atoms with Gasteiger partial charge in [0.05, 0.1) is 11.5 Å². The van der Waals surface area contributed by atoms with E-state index in [1.165, 1.54) is 0 Å². The number of carbonyl (C=O) groups is 2. The van der Waals surface area contributed by atoms with E-state index in [0.29, 0.717) is 0 Å². The predicted molar refractivity (Wildman–Crippen MR) is 101 cm³/mol. The zero-order chi connectivity index (χ0) is 18.5. The maximum absolute atomic E-state index is 11.9. The number of fused-ring (bicyclic) bond motifs is 3. The first-order chi connectivity index (χ1) is 12.6. The number of thiocarbonyl (C=S) groups is 1. The normalized spacial score (nSPS) is 12.0. The Kier molecular flexibility index (Phi) is 5.48. The SMILES string of the molecule is O=C(O)CNC(=S)CNC(=O)OCC1c2ccccc2-c2ccccc21. The van der Waals surface area contributed by atoms with E-state index >= 15 is 0 Å². The molecule has 0 radical (unpaired) electrons. The molecular weight excluding hydrogens is 352 g/mol. The minimum atomic E-state index is -1.02. The van der Waals surface area contributed by atoms with Gasteiger partial charge in [-0.2, -0.15) is 0 Å². The highest BCUT2D eigenvalue weighted by Gasteiger charge is 2.28. The molecule has 0 fully saturated rings. The van der Waals surface area contributed by atoms with Crippen molar-refractivity contribution in [3.8, 4) is 11.1 Å². The number of alkyl carbamates (subject to hydrolysis) is 1. The quantitative estimate of drug-likeness (QED) is 0.678. The summed E-state index contributed by atoms with van der Waals surface area (Å²) >= 11 is 4.94. The number of ether oxygens (including phenoxy) is 1. The zero-order valence-corrected chi connectivity index (χ0v) is 14.7. The Morgan fingerprint density at radius 3 is 2.12 bits per heavy atom. The van der Waals surface area contributed by atoms with Gasteiger partial charge in [-0.25, -0.2) is 4.79 Å². The molecule has 0 atom stereocenters. The van der Waals surface area contributed by atoms with Gasteiger partial charge in [0, 0.05) is 5.92 Å². The van der Waals surface area contributed by atoms with Gasteiger partial charge in [0.2, 0.25) is 0 Å². The smallest absolute Gasteiger partial charge is 0.407 e. The van der Waals surface area contributed by atoms with Crippen LogP contribution >= 0.6 is 12.2 Å². The molecule has 3 N–H and O–H groups in total. The second-order valence-corrected chi connectivity index (χ2v) is 6.34. The maximum Gasteiger partial charge on any atom is 0.407 e. The van der Waals surface area contributed by atoms with Crippen LogP contribution in [0, 0.1) is 0 Å². The third-order valence-electron chi connectivity index (χ3n) is 4.17. The zero-order valence-electron chi connectivity index (χ0n) is 13.9. The van der Waals surface area contributed by atoms with Gasteiger partial charge >= 0.3 is 12.1 Å². The van der Waals surface area contributed by atoms with Crippen molar-refractivity contribution in [2.45, 2.75) is 5.92 Å². The summed E-state index contributed by atoms with van der Waals surface area (Å²) < 4.78 is 5.36. The van der Waals surface area contributed by atoms with Crippen molar-refractivity contribution in [1.29, 1.82) is 0 Å². The summed E-state index contributed by atoms with van der Waals surface area (Å²) in [4.78, 5) is 22.6. The van der Waals surface area contributed by atoms with E-state index in [0.717, 1.165) is 22.3 Å². The molecule has 1 aliphatic rings. The minimum absolute atomic E-state index is 0.00904. The fraction of sp³-hybridized carbons (Fsp3) is 0.211. The van der Waals surface area contributed by atoms with E-state index in [4.69, 9.17) is 22.1 Å². The van der Waals surface area contributed by atoms with Gasteiger partial charge in [0.15, 0.2) is 0 Å². The Balaban J connectivity index is 1.57. The molecule has 2 aromatic rings. The topological polar surface area (TPSA) is 87.7 Å². The Labute approximate surface area is 156 Å². The van der Waals surface area contributed by atoms with Crippen LogP contribution in [0.5, 0.6) is 0 Å². The molecule has 6 nitrogen and oxygen atoms in total. The highest BCUT2D eigenvalue weighted by molar-refractivity contribution is 7.80. The molecule has 3 rings (SSSR count). The van der Waals surface area contributed by atoms with Crippen LogP contribution in [0.15, 0.2) is 48.5 Å². The number of carboxylic acids is 1. The molecule has 1 aliphatic carbocycles. The number of benzene rings is 2. The fourth-order valence-electron chi connectivity index (χ4n) is 3.04. The van der Waals surface area contributed by atoms with Crippen LogP contribution in [0.2, 0.25) is 0 Å². The van der Waals surface area contributed by atoms with E-state index in [-0.39, 0.29) is 30.6 Å². The second kappa shape index (κ2) is 7.97. The fourth-order valence-corrected chi connectivity index (χ4v) is 3.18. The third-order valence-corrected chi connectivity index (χ3v) is 4.46. The van der Waals surface area contributed by atoms with Crippen molar-refractivity contribution >= 4 is 29.3 Å². The summed E-state index contributed by atoms with van der Waals surface area (Å²) in [5.74, 6) is -1.03. The number of aliphatic carboxylic acids is 1. The minimum Gasteiger partial charge on any atom is -0.480 e. The van der Waals surface area contributed by atoms with Crippen molar-refractivity contribution in [1.82, 2.24) is 10.6 Å². The highest BCUT2D eigenvalue weighted by Crippen LogP contribution is 2.44. The molecule has 134 valence electrons. The molecule has 7 heteroatoms. The average molecular weight is 370 g/mol. The number of hydrogen-bond acceptors (Lipinski definition) is 4. The predicted octanol–water partition coefficient (Wildman–Crippen LogP) is 2.53. The number of hydrogen-bond donors (Lipinski definition) is 3. The van der Waals surface area contributed by atoms with Crippen molar-refractivity contribution in [2.75, 3.05) is 19.7 Å². The Bertz CT molecular complexity index is 807. The van der Waals surface area contributed by atoms with E-state index in [1.54, 1.807) is 0 Å². The summed E-state index contributed by atoms with van der Waals surface area (Å²) in [5.41, 5.74) is 4.60. The molecule has 0 aliphatic heterocycles. The average Bonchev–Trinajstić information content (AvgIpc) is 2.97. The molecule has 26 heavy (non-hydrogen) atoms. The third kappa shape index (κ3) is 4.00. The Morgan fingerprint density at radius 2 is 1.54 bits per heavy atom. The summed E-state index contributed by atoms with van der Waals surface area (Å²) in [6.07, 6.45) is -0.591. The molecule has 0 aromatic heterocycles. The lowest BCUT2D eigenvalue weighted by Gasteiger charge is -2.14. The van der Waals surface area contributed by atoms with Crippen LogP contribution in [0.1, 0.15) is 17.0 Å². The van der Waals surface area contributed by atoms with Crippen LogP contribution in [-0.2, 0) is 9.53 Å². The van der Waals surface area contributed by atoms with Crippen LogP contribution in [-0.4, -0.2) is 41.9 Å². The lowest BCUT2D eigenvalue weighted by atomic mass is 9.98. The Hall–Kier alpha value is -2.93. The summed E-state index contributed by atoms with van der Waals surface area (Å²) in [6.45, 7) is -0.0420. The molecule has 1 amide bonds. The standard InChI is InChI=1S/C19H18N2O4S/c22-18(23)10-20-17(26)9-21-19(24)25-11-16-14-7-3-1-5-12(14)13-6-2-4-8-15(13)16/h1-8,16H,9-11H2,(H,20,26)(H,21,24)(H,22,23). The van der Waals surface area contributed by atoms with Gasteiger partial charge < -0.3 is 20.5 Å². The van der Waals surface area contributed by atoms with Crippen molar-refractivity contribution < 1.29 is 19.4 Å². The van der Waals surface area contributed by atoms with Crippen LogP contribution in [0.25, 0.3) is 11.1 Å². The number of carboxylic acid groups (broad SMARTS) is 1. The van der Waals surface area contributed by atoms with Crippen LogP contribution in [0.4, 0.5) is 4.79 Å². The largest absolute Gasteiger partial charge is 0.480 e. The van der Waals surface area contributed by atoms with Gasteiger partial charge in [0.1, 0.15) is 13.2 Å².